The van der Waals surface area contributed by atoms with Gasteiger partial charge in [-0.2, -0.15) is 0 Å². The Labute approximate surface area is 217 Å². The molecule has 2 aliphatic heterocycles. The van der Waals surface area contributed by atoms with Crippen molar-refractivity contribution >= 4 is 23.8 Å². The molecule has 8 heteroatoms. The number of likely N-dealkylation sites (tertiary alicyclic amines) is 2. The lowest BCUT2D eigenvalue weighted by molar-refractivity contribution is -0.125. The van der Waals surface area contributed by atoms with Crippen LogP contribution in [-0.2, 0) is 32.3 Å². The van der Waals surface area contributed by atoms with E-state index in [0.717, 1.165) is 11.1 Å². The van der Waals surface area contributed by atoms with Crippen LogP contribution in [0.15, 0.2) is 73.3 Å². The molecule has 0 spiro atoms. The van der Waals surface area contributed by atoms with E-state index >= 15 is 0 Å². The van der Waals surface area contributed by atoms with Gasteiger partial charge >= 0.3 is 12.2 Å². The number of hydrogen-bond acceptors (Lipinski definition) is 6. The number of allylic oxidation sites excluding steroid dienone is 1. The Hall–Kier alpha value is -3.94. The highest BCUT2D eigenvalue weighted by molar-refractivity contribution is 5.84. The topological polar surface area (TPSA) is 93.2 Å². The first kappa shape index (κ1) is 27.6. The fourth-order valence-electron chi connectivity index (χ4n) is 4.04. The number of ketones is 2. The third kappa shape index (κ3) is 9.22. The van der Waals surface area contributed by atoms with Crippen LogP contribution in [0, 0.1) is 5.92 Å². The summed E-state index contributed by atoms with van der Waals surface area (Å²) in [5.41, 5.74) is 1.92. The van der Waals surface area contributed by atoms with Gasteiger partial charge in [0.15, 0.2) is 0 Å². The van der Waals surface area contributed by atoms with Crippen molar-refractivity contribution < 1.29 is 28.7 Å². The van der Waals surface area contributed by atoms with Crippen LogP contribution in [0.2, 0.25) is 0 Å². The molecule has 2 saturated heterocycles. The van der Waals surface area contributed by atoms with Crippen molar-refractivity contribution in [3.05, 3.63) is 84.4 Å². The molecule has 1 unspecified atom stereocenters. The number of piperidine rings is 2. The first-order chi connectivity index (χ1) is 18.0. The molecule has 8 nitrogen and oxygen atoms in total. The Kier molecular flexibility index (Phi) is 10.9. The van der Waals surface area contributed by atoms with E-state index in [-0.39, 0.29) is 42.9 Å². The first-order valence-corrected chi connectivity index (χ1v) is 12.5. The summed E-state index contributed by atoms with van der Waals surface area (Å²) in [6, 6.07) is 19.1. The van der Waals surface area contributed by atoms with Crippen molar-refractivity contribution in [2.45, 2.75) is 38.9 Å². The molecule has 0 aliphatic carbocycles. The van der Waals surface area contributed by atoms with E-state index in [2.05, 4.69) is 6.58 Å². The maximum Gasteiger partial charge on any atom is 0.410 e. The molecule has 0 radical (unpaired) electrons. The molecule has 0 aromatic heterocycles. The predicted octanol–water partition coefficient (Wildman–Crippen LogP) is 4.78. The Morgan fingerprint density at radius 2 is 1.27 bits per heavy atom. The van der Waals surface area contributed by atoms with Gasteiger partial charge in [-0.25, -0.2) is 9.59 Å². The van der Waals surface area contributed by atoms with Gasteiger partial charge in [-0.3, -0.25) is 9.59 Å². The second kappa shape index (κ2) is 14.6. The van der Waals surface area contributed by atoms with Crippen LogP contribution < -0.4 is 0 Å². The van der Waals surface area contributed by atoms with Crippen molar-refractivity contribution in [1.82, 2.24) is 9.80 Å². The number of nitrogens with zero attached hydrogens (tertiary/aromatic N) is 2. The van der Waals surface area contributed by atoms with E-state index in [4.69, 9.17) is 9.47 Å². The quantitative estimate of drug-likeness (QED) is 0.524. The third-order valence-electron chi connectivity index (χ3n) is 6.22. The van der Waals surface area contributed by atoms with Gasteiger partial charge < -0.3 is 19.3 Å². The van der Waals surface area contributed by atoms with E-state index in [0.29, 0.717) is 51.9 Å². The molecule has 196 valence electrons. The van der Waals surface area contributed by atoms with Crippen LogP contribution >= 0.6 is 0 Å². The van der Waals surface area contributed by atoms with E-state index in [1.165, 1.54) is 0 Å². The molecule has 2 aliphatic rings. The van der Waals surface area contributed by atoms with Crippen LogP contribution in [0.25, 0.3) is 0 Å². The van der Waals surface area contributed by atoms with Crippen molar-refractivity contribution in [2.75, 3.05) is 26.2 Å². The molecule has 4 rings (SSSR count). The summed E-state index contributed by atoms with van der Waals surface area (Å²) in [5.74, 6) is 0.291. The predicted molar refractivity (Wildman–Crippen MR) is 139 cm³/mol. The highest BCUT2D eigenvalue weighted by Gasteiger charge is 2.29. The zero-order valence-electron chi connectivity index (χ0n) is 21.1. The Bertz CT molecular complexity index is 1050. The molecule has 0 saturated carbocycles. The number of hydrogen-bond donors (Lipinski definition) is 0. The number of amides is 2. The third-order valence-corrected chi connectivity index (χ3v) is 6.22. The van der Waals surface area contributed by atoms with Crippen LogP contribution in [0.3, 0.4) is 0 Å². The van der Waals surface area contributed by atoms with Gasteiger partial charge in [0.05, 0.1) is 0 Å². The number of benzene rings is 2. The lowest BCUT2D eigenvalue weighted by atomic mass is 9.94. The summed E-state index contributed by atoms with van der Waals surface area (Å²) in [4.78, 5) is 49.6. The van der Waals surface area contributed by atoms with Gasteiger partial charge in [0.2, 0.25) is 0 Å². The number of Topliss-reactive ketones (excluding diaryl/α,β-unsaturated/α-hetero) is 2. The zero-order valence-corrected chi connectivity index (χ0v) is 21.1. The summed E-state index contributed by atoms with van der Waals surface area (Å²) >= 11 is 0. The van der Waals surface area contributed by atoms with Crippen molar-refractivity contribution in [3.8, 4) is 0 Å². The van der Waals surface area contributed by atoms with E-state index in [1.54, 1.807) is 15.9 Å². The monoisotopic (exact) mass is 506 g/mol. The Morgan fingerprint density at radius 3 is 1.78 bits per heavy atom. The normalized spacial score (nSPS) is 17.4. The minimum absolute atomic E-state index is 0.134. The second-order valence-corrected chi connectivity index (χ2v) is 8.99. The largest absolute Gasteiger partial charge is 0.445 e. The lowest BCUT2D eigenvalue weighted by Crippen LogP contribution is -2.44. The average molecular weight is 507 g/mol. The Morgan fingerprint density at radius 1 is 0.784 bits per heavy atom. The van der Waals surface area contributed by atoms with Gasteiger partial charge in [0.1, 0.15) is 24.8 Å². The standard InChI is InChI=1S/C16H19NO3.C13H15NO3/c1-2-6-14-11-17(10-9-15(14)18)16(19)20-12-13-7-4-3-5-8-13;15-12-6-8-14(9-7-12)13(16)17-10-11-4-2-1-3-5-11/h2-5,7-8,14H,1,6,9-12H2;1-5H,6-10H2. The number of ether oxygens (including phenoxy) is 2. The summed E-state index contributed by atoms with van der Waals surface area (Å²) in [5, 5.41) is 0. The molecule has 1 atom stereocenters. The van der Waals surface area contributed by atoms with Gasteiger partial charge in [0, 0.05) is 51.4 Å². The number of carbonyl (C=O) groups excluding carboxylic acids is 4. The average Bonchev–Trinajstić information content (AvgIpc) is 2.93. The van der Waals surface area contributed by atoms with Gasteiger partial charge in [0.25, 0.3) is 0 Å². The highest BCUT2D eigenvalue weighted by atomic mass is 16.6. The zero-order chi connectivity index (χ0) is 26.5. The molecular weight excluding hydrogens is 472 g/mol. The molecule has 2 amide bonds. The summed E-state index contributed by atoms with van der Waals surface area (Å²) in [6.07, 6.45) is 2.94. The van der Waals surface area contributed by atoms with E-state index in [1.807, 2.05) is 60.7 Å². The van der Waals surface area contributed by atoms with Gasteiger partial charge in [-0.15, -0.1) is 6.58 Å². The van der Waals surface area contributed by atoms with Crippen LogP contribution in [0.5, 0.6) is 0 Å². The molecule has 37 heavy (non-hydrogen) atoms. The van der Waals surface area contributed by atoms with Crippen molar-refractivity contribution in [2.24, 2.45) is 5.92 Å². The number of carbonyl (C=O) groups is 4. The van der Waals surface area contributed by atoms with E-state index < -0.39 is 0 Å². The second-order valence-electron chi connectivity index (χ2n) is 8.99. The highest BCUT2D eigenvalue weighted by Crippen LogP contribution is 2.18. The fraction of sp³-hybridized carbons (Fsp3) is 0.379. The molecule has 2 aromatic rings. The number of rotatable bonds is 6. The molecule has 2 fully saturated rings. The molecule has 2 heterocycles. The van der Waals surface area contributed by atoms with Crippen molar-refractivity contribution in [3.63, 3.8) is 0 Å². The van der Waals surface area contributed by atoms with Crippen LogP contribution in [-0.4, -0.2) is 59.7 Å². The van der Waals surface area contributed by atoms with Gasteiger partial charge in [-0.1, -0.05) is 66.7 Å². The van der Waals surface area contributed by atoms with E-state index in [9.17, 15) is 19.2 Å². The molecule has 2 aromatic carbocycles. The summed E-state index contributed by atoms with van der Waals surface area (Å²) in [6.45, 7) is 6.02. The first-order valence-electron chi connectivity index (χ1n) is 12.5. The smallest absolute Gasteiger partial charge is 0.410 e. The minimum Gasteiger partial charge on any atom is -0.445 e. The summed E-state index contributed by atoms with van der Waals surface area (Å²) in [7, 11) is 0. The van der Waals surface area contributed by atoms with Crippen LogP contribution in [0.4, 0.5) is 9.59 Å². The van der Waals surface area contributed by atoms with Crippen LogP contribution in [0.1, 0.15) is 36.8 Å². The fourth-order valence-corrected chi connectivity index (χ4v) is 4.04. The summed E-state index contributed by atoms with van der Waals surface area (Å²) < 4.78 is 10.5. The Balaban J connectivity index is 0.000000208. The SMILES string of the molecule is C=CCC1CN(C(=O)OCc2ccccc2)CCC1=O.O=C1CCN(C(=O)OCc2ccccc2)CC1. The molecule has 0 N–H and O–H groups in total. The molecular formula is C29H34N2O6. The maximum atomic E-state index is 12.0. The lowest BCUT2D eigenvalue weighted by Gasteiger charge is -2.30. The molecule has 0 bridgehead atoms. The maximum absolute atomic E-state index is 12.0. The van der Waals surface area contributed by atoms with Crippen molar-refractivity contribution in [1.29, 1.82) is 0 Å². The minimum atomic E-state index is -0.351. The van der Waals surface area contributed by atoms with Gasteiger partial charge in [-0.05, 0) is 17.5 Å².